The van der Waals surface area contributed by atoms with Gasteiger partial charge in [0.05, 0.1) is 12.0 Å². The van der Waals surface area contributed by atoms with E-state index in [1.807, 2.05) is 0 Å². The molecule has 1 rings (SSSR count). The van der Waals surface area contributed by atoms with Crippen molar-refractivity contribution >= 4 is 21.9 Å². The standard InChI is InChI=1S/C10H11BrO3/c1-10(14,6-9(12)13)7-2-4-8(11)5-3-7/h2-5,14H,6H2,1H3,(H,12,13). The summed E-state index contributed by atoms with van der Waals surface area (Å²) in [5, 5.41) is 18.4. The molecule has 0 fully saturated rings. The van der Waals surface area contributed by atoms with Gasteiger partial charge >= 0.3 is 5.97 Å². The van der Waals surface area contributed by atoms with Gasteiger partial charge in [0.1, 0.15) is 0 Å². The van der Waals surface area contributed by atoms with Crippen molar-refractivity contribution in [3.8, 4) is 0 Å². The van der Waals surface area contributed by atoms with Crippen LogP contribution in [0, 0.1) is 0 Å². The monoisotopic (exact) mass is 258 g/mol. The van der Waals surface area contributed by atoms with Crippen molar-refractivity contribution in [3.63, 3.8) is 0 Å². The van der Waals surface area contributed by atoms with Crippen molar-refractivity contribution in [2.75, 3.05) is 0 Å². The minimum atomic E-state index is -1.31. The van der Waals surface area contributed by atoms with Crippen LogP contribution in [-0.2, 0) is 10.4 Å². The summed E-state index contributed by atoms with van der Waals surface area (Å²) in [4.78, 5) is 10.5. The van der Waals surface area contributed by atoms with Crippen LogP contribution in [0.15, 0.2) is 28.7 Å². The van der Waals surface area contributed by atoms with Crippen LogP contribution in [0.1, 0.15) is 18.9 Å². The highest BCUT2D eigenvalue weighted by atomic mass is 79.9. The third kappa shape index (κ3) is 2.82. The second kappa shape index (κ2) is 4.11. The fraction of sp³-hybridized carbons (Fsp3) is 0.300. The molecule has 0 spiro atoms. The first-order chi connectivity index (χ1) is 6.42. The maximum Gasteiger partial charge on any atom is 0.306 e. The van der Waals surface area contributed by atoms with Crippen molar-refractivity contribution in [2.24, 2.45) is 0 Å². The van der Waals surface area contributed by atoms with E-state index in [0.717, 1.165) is 4.47 Å². The second-order valence-electron chi connectivity index (χ2n) is 3.35. The van der Waals surface area contributed by atoms with Crippen LogP contribution in [-0.4, -0.2) is 16.2 Å². The van der Waals surface area contributed by atoms with E-state index >= 15 is 0 Å². The number of hydrogen-bond acceptors (Lipinski definition) is 2. The lowest BCUT2D eigenvalue weighted by molar-refractivity contribution is -0.142. The van der Waals surface area contributed by atoms with E-state index in [0.29, 0.717) is 5.56 Å². The second-order valence-corrected chi connectivity index (χ2v) is 4.27. The van der Waals surface area contributed by atoms with E-state index in [1.54, 1.807) is 24.3 Å². The van der Waals surface area contributed by atoms with E-state index in [-0.39, 0.29) is 6.42 Å². The summed E-state index contributed by atoms with van der Waals surface area (Å²) in [5.74, 6) is -1.02. The van der Waals surface area contributed by atoms with E-state index in [2.05, 4.69) is 15.9 Å². The lowest BCUT2D eigenvalue weighted by atomic mass is 9.93. The van der Waals surface area contributed by atoms with Gasteiger partial charge in [0.25, 0.3) is 0 Å². The van der Waals surface area contributed by atoms with E-state index in [1.165, 1.54) is 6.92 Å². The maximum absolute atomic E-state index is 10.5. The molecule has 0 bridgehead atoms. The molecule has 0 aromatic heterocycles. The molecule has 1 unspecified atom stereocenters. The number of carbonyl (C=O) groups is 1. The summed E-state index contributed by atoms with van der Waals surface area (Å²) in [6.45, 7) is 1.49. The molecule has 0 aliphatic heterocycles. The summed E-state index contributed by atoms with van der Waals surface area (Å²) in [7, 11) is 0. The number of rotatable bonds is 3. The minimum Gasteiger partial charge on any atom is -0.481 e. The van der Waals surface area contributed by atoms with Crippen LogP contribution in [0.3, 0.4) is 0 Å². The highest BCUT2D eigenvalue weighted by Crippen LogP contribution is 2.25. The average molecular weight is 259 g/mol. The third-order valence-corrected chi connectivity index (χ3v) is 2.49. The van der Waals surface area contributed by atoms with Crippen molar-refractivity contribution in [2.45, 2.75) is 18.9 Å². The van der Waals surface area contributed by atoms with Gasteiger partial charge in [0, 0.05) is 4.47 Å². The number of aliphatic carboxylic acids is 1. The lowest BCUT2D eigenvalue weighted by Crippen LogP contribution is -2.24. The van der Waals surface area contributed by atoms with Gasteiger partial charge in [-0.2, -0.15) is 0 Å². The van der Waals surface area contributed by atoms with E-state index < -0.39 is 11.6 Å². The predicted molar refractivity (Wildman–Crippen MR) is 56.0 cm³/mol. The largest absolute Gasteiger partial charge is 0.481 e. The van der Waals surface area contributed by atoms with Gasteiger partial charge in [0.2, 0.25) is 0 Å². The van der Waals surface area contributed by atoms with Crippen molar-refractivity contribution < 1.29 is 15.0 Å². The molecule has 0 aliphatic rings. The Labute approximate surface area is 90.5 Å². The molecule has 3 nitrogen and oxygen atoms in total. The molecule has 1 aromatic rings. The zero-order chi connectivity index (χ0) is 10.8. The fourth-order valence-corrected chi connectivity index (χ4v) is 1.47. The molecule has 0 saturated carbocycles. The number of benzene rings is 1. The van der Waals surface area contributed by atoms with Gasteiger partial charge in [-0.3, -0.25) is 4.79 Å². The number of halogens is 1. The Balaban J connectivity index is 2.91. The number of carboxylic acids is 1. The highest BCUT2D eigenvalue weighted by Gasteiger charge is 2.26. The Morgan fingerprint density at radius 1 is 1.43 bits per heavy atom. The van der Waals surface area contributed by atoms with E-state index in [9.17, 15) is 9.90 Å². The molecule has 76 valence electrons. The molecule has 2 N–H and O–H groups in total. The summed E-state index contributed by atoms with van der Waals surface area (Å²) < 4.78 is 0.896. The van der Waals surface area contributed by atoms with Crippen LogP contribution in [0.2, 0.25) is 0 Å². The summed E-state index contributed by atoms with van der Waals surface area (Å²) in [6, 6.07) is 6.94. The normalized spacial score (nSPS) is 14.8. The Morgan fingerprint density at radius 3 is 2.36 bits per heavy atom. The molecule has 0 amide bonds. The SMILES string of the molecule is CC(O)(CC(=O)O)c1ccc(Br)cc1. The number of carboxylic acid groups (broad SMARTS) is 1. The van der Waals surface area contributed by atoms with Gasteiger partial charge in [-0.1, -0.05) is 28.1 Å². The topological polar surface area (TPSA) is 57.5 Å². The zero-order valence-electron chi connectivity index (χ0n) is 7.70. The van der Waals surface area contributed by atoms with Crippen LogP contribution < -0.4 is 0 Å². The minimum absolute atomic E-state index is 0.297. The van der Waals surface area contributed by atoms with Crippen LogP contribution in [0.25, 0.3) is 0 Å². The van der Waals surface area contributed by atoms with Crippen molar-refractivity contribution in [1.82, 2.24) is 0 Å². The van der Waals surface area contributed by atoms with Gasteiger partial charge in [-0.05, 0) is 24.6 Å². The quantitative estimate of drug-likeness (QED) is 0.874. The molecule has 0 heterocycles. The number of hydrogen-bond donors (Lipinski definition) is 2. The summed E-state index contributed by atoms with van der Waals surface area (Å²) in [5.41, 5.74) is -0.713. The molecule has 0 aliphatic carbocycles. The highest BCUT2D eigenvalue weighted by molar-refractivity contribution is 9.10. The van der Waals surface area contributed by atoms with Crippen LogP contribution >= 0.6 is 15.9 Å². The van der Waals surface area contributed by atoms with Crippen LogP contribution in [0.4, 0.5) is 0 Å². The Bertz CT molecular complexity index is 330. The maximum atomic E-state index is 10.5. The number of aliphatic hydroxyl groups is 1. The first-order valence-corrected chi connectivity index (χ1v) is 4.91. The molecule has 4 heteroatoms. The predicted octanol–water partition coefficient (Wildman–Crippen LogP) is 2.13. The van der Waals surface area contributed by atoms with Gasteiger partial charge in [-0.15, -0.1) is 0 Å². The first kappa shape index (κ1) is 11.2. The summed E-state index contributed by atoms with van der Waals surface area (Å²) >= 11 is 3.27. The molecular weight excluding hydrogens is 248 g/mol. The third-order valence-electron chi connectivity index (χ3n) is 1.96. The van der Waals surface area contributed by atoms with E-state index in [4.69, 9.17) is 5.11 Å². The average Bonchev–Trinajstić information content (AvgIpc) is 2.02. The van der Waals surface area contributed by atoms with Crippen molar-refractivity contribution in [3.05, 3.63) is 34.3 Å². The van der Waals surface area contributed by atoms with Crippen LogP contribution in [0.5, 0.6) is 0 Å². The molecular formula is C10H11BrO3. The Hall–Kier alpha value is -0.870. The summed E-state index contributed by atoms with van der Waals surface area (Å²) in [6.07, 6.45) is -0.297. The molecule has 14 heavy (non-hydrogen) atoms. The van der Waals surface area contributed by atoms with Gasteiger partial charge < -0.3 is 10.2 Å². The molecule has 1 atom stereocenters. The van der Waals surface area contributed by atoms with Crippen molar-refractivity contribution in [1.29, 1.82) is 0 Å². The van der Waals surface area contributed by atoms with Gasteiger partial charge in [-0.25, -0.2) is 0 Å². The van der Waals surface area contributed by atoms with Gasteiger partial charge in [0.15, 0.2) is 0 Å². The first-order valence-electron chi connectivity index (χ1n) is 4.12. The Morgan fingerprint density at radius 2 is 1.93 bits per heavy atom. The lowest BCUT2D eigenvalue weighted by Gasteiger charge is -2.21. The smallest absolute Gasteiger partial charge is 0.306 e. The zero-order valence-corrected chi connectivity index (χ0v) is 9.28. The molecule has 0 radical (unpaired) electrons. The molecule has 0 saturated heterocycles. The fourth-order valence-electron chi connectivity index (χ4n) is 1.21. The Kier molecular flexibility index (Phi) is 3.29. The molecule has 1 aromatic carbocycles.